The molecule has 1 aromatic rings. The third-order valence-corrected chi connectivity index (χ3v) is 4.92. The minimum atomic E-state index is -0.113. The van der Waals surface area contributed by atoms with Crippen LogP contribution in [0.3, 0.4) is 0 Å². The summed E-state index contributed by atoms with van der Waals surface area (Å²) in [6.45, 7) is 2.12. The van der Waals surface area contributed by atoms with E-state index >= 15 is 0 Å². The predicted octanol–water partition coefficient (Wildman–Crippen LogP) is 2.77. The van der Waals surface area contributed by atoms with Crippen LogP contribution in [0.5, 0.6) is 0 Å². The number of anilines is 1. The van der Waals surface area contributed by atoms with Crippen LogP contribution < -0.4 is 4.90 Å². The molecule has 1 aromatic heterocycles. The van der Waals surface area contributed by atoms with Gasteiger partial charge in [0.05, 0.1) is 22.0 Å². The highest BCUT2D eigenvalue weighted by Gasteiger charge is 2.52. The Bertz CT molecular complexity index is 522. The summed E-state index contributed by atoms with van der Waals surface area (Å²) in [4.78, 5) is 30.3. The maximum Gasteiger partial charge on any atom is 0.237 e. The monoisotopic (exact) mass is 322 g/mol. The van der Waals surface area contributed by atoms with Crippen molar-refractivity contribution in [2.24, 2.45) is 17.8 Å². The number of halogens is 1. The van der Waals surface area contributed by atoms with E-state index in [1.807, 2.05) is 0 Å². The lowest BCUT2D eigenvalue weighted by Gasteiger charge is -2.18. The largest absolute Gasteiger partial charge is 0.274 e. The van der Waals surface area contributed by atoms with Gasteiger partial charge < -0.3 is 0 Å². The third-order valence-electron chi connectivity index (χ3n) is 4.30. The SMILES string of the molecule is CCC1CC2C(=O)N(c3ccncc3Br)C(=O)C2C1. The van der Waals surface area contributed by atoms with Gasteiger partial charge in [-0.25, -0.2) is 4.90 Å². The first-order chi connectivity index (χ1) is 9.13. The zero-order chi connectivity index (χ0) is 13.6. The minimum Gasteiger partial charge on any atom is -0.274 e. The molecule has 5 heteroatoms. The second-order valence-electron chi connectivity index (χ2n) is 5.30. The van der Waals surface area contributed by atoms with Crippen LogP contribution in [0.25, 0.3) is 0 Å². The van der Waals surface area contributed by atoms with Gasteiger partial charge in [-0.1, -0.05) is 13.3 Å². The van der Waals surface area contributed by atoms with Crippen molar-refractivity contribution in [3.63, 3.8) is 0 Å². The van der Waals surface area contributed by atoms with E-state index in [0.717, 1.165) is 19.3 Å². The summed E-state index contributed by atoms with van der Waals surface area (Å²) in [5.41, 5.74) is 0.618. The first-order valence-corrected chi connectivity index (χ1v) is 7.40. The average molecular weight is 323 g/mol. The summed E-state index contributed by atoms with van der Waals surface area (Å²) < 4.78 is 0.684. The maximum absolute atomic E-state index is 12.5. The summed E-state index contributed by atoms with van der Waals surface area (Å²) in [6, 6.07) is 1.71. The molecule has 2 amide bonds. The molecule has 2 aliphatic rings. The number of carbonyl (C=O) groups is 2. The summed E-state index contributed by atoms with van der Waals surface area (Å²) in [6.07, 6.45) is 5.96. The first kappa shape index (κ1) is 12.8. The molecule has 0 N–H and O–H groups in total. The van der Waals surface area contributed by atoms with Crippen molar-refractivity contribution in [3.05, 3.63) is 22.9 Å². The van der Waals surface area contributed by atoms with Crippen molar-refractivity contribution in [1.29, 1.82) is 0 Å². The van der Waals surface area contributed by atoms with Crippen molar-refractivity contribution in [1.82, 2.24) is 4.98 Å². The highest BCUT2D eigenvalue weighted by atomic mass is 79.9. The van der Waals surface area contributed by atoms with Crippen molar-refractivity contribution in [2.45, 2.75) is 26.2 Å². The Labute approximate surface area is 120 Å². The fourth-order valence-electron chi connectivity index (χ4n) is 3.25. The fourth-order valence-corrected chi connectivity index (χ4v) is 3.68. The van der Waals surface area contributed by atoms with E-state index in [4.69, 9.17) is 0 Å². The Morgan fingerprint density at radius 1 is 1.32 bits per heavy atom. The van der Waals surface area contributed by atoms with Crippen molar-refractivity contribution >= 4 is 33.4 Å². The number of hydrogen-bond acceptors (Lipinski definition) is 3. The number of amides is 2. The van der Waals surface area contributed by atoms with Crippen LogP contribution in [0.4, 0.5) is 5.69 Å². The highest BCUT2D eigenvalue weighted by molar-refractivity contribution is 9.10. The number of pyridine rings is 1. The molecule has 1 saturated heterocycles. The topological polar surface area (TPSA) is 50.3 Å². The van der Waals surface area contributed by atoms with Crippen LogP contribution in [0.1, 0.15) is 26.2 Å². The third kappa shape index (κ3) is 1.91. The van der Waals surface area contributed by atoms with E-state index in [1.165, 1.54) is 4.90 Å². The van der Waals surface area contributed by atoms with Gasteiger partial charge >= 0.3 is 0 Å². The number of imide groups is 1. The molecular weight excluding hydrogens is 308 g/mol. The molecule has 0 radical (unpaired) electrons. The Morgan fingerprint density at radius 2 is 1.95 bits per heavy atom. The van der Waals surface area contributed by atoms with Gasteiger partial charge in [-0.3, -0.25) is 14.6 Å². The molecule has 3 rings (SSSR count). The molecule has 100 valence electrons. The van der Waals surface area contributed by atoms with Gasteiger partial charge in [-0.05, 0) is 40.8 Å². The van der Waals surface area contributed by atoms with Gasteiger partial charge in [-0.15, -0.1) is 0 Å². The molecule has 1 aliphatic carbocycles. The van der Waals surface area contributed by atoms with E-state index in [0.29, 0.717) is 16.1 Å². The lowest BCUT2D eigenvalue weighted by molar-refractivity contribution is -0.123. The second-order valence-corrected chi connectivity index (χ2v) is 6.15. The number of aromatic nitrogens is 1. The van der Waals surface area contributed by atoms with Crippen molar-refractivity contribution < 1.29 is 9.59 Å². The van der Waals surface area contributed by atoms with Gasteiger partial charge in [-0.2, -0.15) is 0 Å². The average Bonchev–Trinajstić information content (AvgIpc) is 2.92. The summed E-state index contributed by atoms with van der Waals surface area (Å²) in [5, 5.41) is 0. The molecule has 19 heavy (non-hydrogen) atoms. The van der Waals surface area contributed by atoms with E-state index in [2.05, 4.69) is 27.8 Å². The Morgan fingerprint density at radius 3 is 2.47 bits per heavy atom. The molecule has 2 unspecified atom stereocenters. The molecule has 4 nitrogen and oxygen atoms in total. The van der Waals surface area contributed by atoms with Crippen LogP contribution >= 0.6 is 15.9 Å². The van der Waals surface area contributed by atoms with Crippen molar-refractivity contribution in [2.75, 3.05) is 4.90 Å². The standard InChI is InChI=1S/C14H15BrN2O2/c1-2-8-5-9-10(6-8)14(19)17(13(9)18)12-3-4-16-7-11(12)15/h3-4,7-10H,2,5-6H2,1H3. The van der Waals surface area contributed by atoms with Crippen LogP contribution in [0.15, 0.2) is 22.9 Å². The zero-order valence-electron chi connectivity index (χ0n) is 10.7. The molecule has 1 aliphatic heterocycles. The zero-order valence-corrected chi connectivity index (χ0v) is 12.3. The summed E-state index contributed by atoms with van der Waals surface area (Å²) in [7, 11) is 0. The molecule has 2 heterocycles. The number of nitrogens with zero attached hydrogens (tertiary/aromatic N) is 2. The molecular formula is C14H15BrN2O2. The Balaban J connectivity index is 1.93. The van der Waals surface area contributed by atoms with Crippen LogP contribution in [0, 0.1) is 17.8 Å². The van der Waals surface area contributed by atoms with Crippen LogP contribution in [0.2, 0.25) is 0 Å². The minimum absolute atomic E-state index is 0.0437. The van der Waals surface area contributed by atoms with Gasteiger partial charge in [0.2, 0.25) is 11.8 Å². The lowest BCUT2D eigenvalue weighted by Crippen LogP contribution is -2.32. The van der Waals surface area contributed by atoms with E-state index in [9.17, 15) is 9.59 Å². The van der Waals surface area contributed by atoms with Crippen LogP contribution in [-0.4, -0.2) is 16.8 Å². The van der Waals surface area contributed by atoms with Gasteiger partial charge in [0, 0.05) is 12.4 Å². The smallest absolute Gasteiger partial charge is 0.237 e. The molecule has 2 fully saturated rings. The van der Waals surface area contributed by atoms with E-state index in [1.54, 1.807) is 18.5 Å². The number of fused-ring (bicyclic) bond motifs is 1. The fraction of sp³-hybridized carbons (Fsp3) is 0.500. The molecule has 0 aromatic carbocycles. The number of rotatable bonds is 2. The van der Waals surface area contributed by atoms with Crippen molar-refractivity contribution in [3.8, 4) is 0 Å². The van der Waals surface area contributed by atoms with E-state index < -0.39 is 0 Å². The highest BCUT2D eigenvalue weighted by Crippen LogP contribution is 2.46. The first-order valence-electron chi connectivity index (χ1n) is 6.60. The Hall–Kier alpha value is -1.23. The normalized spacial score (nSPS) is 30.0. The summed E-state index contributed by atoms with van der Waals surface area (Å²) in [5.74, 6) is 0.205. The van der Waals surface area contributed by atoms with Crippen LogP contribution in [-0.2, 0) is 9.59 Å². The predicted molar refractivity (Wildman–Crippen MR) is 74.4 cm³/mol. The van der Waals surface area contributed by atoms with Gasteiger partial charge in [0.25, 0.3) is 0 Å². The van der Waals surface area contributed by atoms with E-state index in [-0.39, 0.29) is 23.7 Å². The number of carbonyl (C=O) groups excluding carboxylic acids is 2. The maximum atomic E-state index is 12.5. The molecule has 0 bridgehead atoms. The lowest BCUT2D eigenvalue weighted by atomic mass is 10.00. The van der Waals surface area contributed by atoms with Gasteiger partial charge in [0.1, 0.15) is 0 Å². The molecule has 0 spiro atoms. The second kappa shape index (κ2) is 4.71. The Kier molecular flexibility index (Phi) is 3.17. The molecule has 2 atom stereocenters. The van der Waals surface area contributed by atoms with Gasteiger partial charge in [0.15, 0.2) is 0 Å². The number of hydrogen-bond donors (Lipinski definition) is 0. The molecule has 1 saturated carbocycles. The summed E-state index contributed by atoms with van der Waals surface area (Å²) >= 11 is 3.36. The quantitative estimate of drug-likeness (QED) is 0.787.